The third-order valence-corrected chi connectivity index (χ3v) is 10.2. The molecule has 4 aromatic rings. The van der Waals surface area contributed by atoms with Gasteiger partial charge in [-0.05, 0) is 63.1 Å². The number of rotatable bonds is 10. The first-order chi connectivity index (χ1) is 19.7. The first-order valence-corrected chi connectivity index (χ1v) is 16.0. The summed E-state index contributed by atoms with van der Waals surface area (Å²) in [6.07, 6.45) is 0. The van der Waals surface area contributed by atoms with Crippen LogP contribution in [0.3, 0.4) is 0 Å². The number of Topliss-reactive ketones (excluding diaryl/α,β-unsaturated/α-hetero) is 1. The zero-order valence-corrected chi connectivity index (χ0v) is 26.1. The predicted molar refractivity (Wildman–Crippen MR) is 167 cm³/mol. The van der Waals surface area contributed by atoms with Gasteiger partial charge in [-0.3, -0.25) is 14.5 Å². The van der Waals surface area contributed by atoms with Crippen LogP contribution in [-0.4, -0.2) is 45.1 Å². The number of thiazole rings is 1. The minimum atomic E-state index is -0.871. The monoisotopic (exact) mass is 625 g/mol. The number of nitrogens with zero attached hydrogens (tertiary/aromatic N) is 5. The number of thioether (sulfide) groups is 1. The second kappa shape index (κ2) is 12.3. The molecule has 1 unspecified atom stereocenters. The van der Waals surface area contributed by atoms with Crippen molar-refractivity contribution in [2.75, 3.05) is 22.9 Å². The van der Waals surface area contributed by atoms with E-state index in [1.54, 1.807) is 6.92 Å². The van der Waals surface area contributed by atoms with Gasteiger partial charge in [-0.2, -0.15) is 0 Å². The molecule has 0 saturated heterocycles. The zero-order valence-electron chi connectivity index (χ0n) is 22.9. The Balaban J connectivity index is 1.51. The van der Waals surface area contributed by atoms with E-state index >= 15 is 0 Å². The molecule has 0 spiro atoms. The van der Waals surface area contributed by atoms with Gasteiger partial charge >= 0.3 is 0 Å². The topological polar surface area (TPSA) is 99.5 Å². The van der Waals surface area contributed by atoms with Crippen molar-refractivity contribution in [3.63, 3.8) is 0 Å². The van der Waals surface area contributed by atoms with Gasteiger partial charge in [0, 0.05) is 29.6 Å². The molecule has 1 atom stereocenters. The Morgan fingerprint density at radius 2 is 1.73 bits per heavy atom. The quantitative estimate of drug-likeness (QED) is 0.112. The number of aliphatic hydroxyl groups excluding tert-OH is 1. The van der Waals surface area contributed by atoms with E-state index in [-0.39, 0.29) is 5.57 Å². The number of hydrogen-bond donors (Lipinski definition) is 1. The molecule has 0 bridgehead atoms. The van der Waals surface area contributed by atoms with Crippen molar-refractivity contribution < 1.29 is 14.7 Å². The van der Waals surface area contributed by atoms with Gasteiger partial charge in [0.05, 0.1) is 27.2 Å². The molecule has 0 fully saturated rings. The summed E-state index contributed by atoms with van der Waals surface area (Å²) in [6, 6.07) is 14.4. The average Bonchev–Trinajstić information content (AvgIpc) is 3.64. The van der Waals surface area contributed by atoms with Crippen molar-refractivity contribution in [2.45, 2.75) is 43.8 Å². The fraction of sp³-hybridized carbons (Fsp3) is 0.276. The lowest BCUT2D eigenvalue weighted by molar-refractivity contribution is -0.117. The summed E-state index contributed by atoms with van der Waals surface area (Å²) in [5.74, 6) is -1.03. The molecular weight excluding hydrogens is 598 g/mol. The minimum absolute atomic E-state index is 0.0166. The smallest absolute Gasteiger partial charge is 0.296 e. The van der Waals surface area contributed by atoms with Gasteiger partial charge < -0.3 is 10.0 Å². The Kier molecular flexibility index (Phi) is 8.79. The van der Waals surface area contributed by atoms with E-state index in [1.807, 2.05) is 55.5 Å². The van der Waals surface area contributed by atoms with Crippen molar-refractivity contribution in [2.24, 2.45) is 0 Å². The number of carbonyl (C=O) groups is 2. The third kappa shape index (κ3) is 5.90. The van der Waals surface area contributed by atoms with Gasteiger partial charge in [-0.1, -0.05) is 59.0 Å². The molecule has 0 aliphatic carbocycles. The van der Waals surface area contributed by atoms with Crippen LogP contribution in [0.4, 0.5) is 10.8 Å². The van der Waals surface area contributed by atoms with Crippen LogP contribution in [0.25, 0.3) is 0 Å². The standard InChI is InChI=1S/C29H28ClN5O3S3/c1-5-34(6-2)21-13-9-19(10-14-21)23-22(24(36)26-16(3)31-17(4)40-26)25(37)27(38)35(23)28-32-33-29(41-28)39-15-18-7-11-20(30)12-8-18/h7-14,23,37H,5-6,15H2,1-4H3. The predicted octanol–water partition coefficient (Wildman–Crippen LogP) is 7.19. The number of aromatic nitrogens is 3. The second-order valence-corrected chi connectivity index (χ2v) is 13.2. The third-order valence-electron chi connectivity index (χ3n) is 6.78. The molecule has 1 aliphatic heterocycles. The van der Waals surface area contributed by atoms with Crippen molar-refractivity contribution in [3.8, 4) is 0 Å². The van der Waals surface area contributed by atoms with E-state index in [2.05, 4.69) is 33.9 Å². The number of ketones is 1. The molecule has 2 aromatic heterocycles. The van der Waals surface area contributed by atoms with Crippen molar-refractivity contribution in [1.82, 2.24) is 15.2 Å². The lowest BCUT2D eigenvalue weighted by Gasteiger charge is -2.25. The molecule has 212 valence electrons. The maximum atomic E-state index is 13.9. The van der Waals surface area contributed by atoms with Crippen LogP contribution in [0, 0.1) is 13.8 Å². The highest BCUT2D eigenvalue weighted by atomic mass is 35.5. The maximum absolute atomic E-state index is 13.9. The largest absolute Gasteiger partial charge is 0.503 e. The van der Waals surface area contributed by atoms with Gasteiger partial charge in [0.15, 0.2) is 10.1 Å². The summed E-state index contributed by atoms with van der Waals surface area (Å²) in [6.45, 7) is 9.45. The molecule has 5 rings (SSSR count). The van der Waals surface area contributed by atoms with Crippen LogP contribution in [0.2, 0.25) is 5.02 Å². The SMILES string of the molecule is CCN(CC)c1ccc(C2C(C(=O)c3sc(C)nc3C)=C(O)C(=O)N2c2nnc(SCc3ccc(Cl)cc3)s2)cc1. The first-order valence-electron chi connectivity index (χ1n) is 13.0. The fourth-order valence-corrected chi connectivity index (χ4v) is 7.58. The number of benzene rings is 2. The highest BCUT2D eigenvalue weighted by molar-refractivity contribution is 8.00. The number of aliphatic hydroxyl groups is 1. The molecule has 0 radical (unpaired) electrons. The molecule has 2 aromatic carbocycles. The van der Waals surface area contributed by atoms with Crippen molar-refractivity contribution in [1.29, 1.82) is 0 Å². The van der Waals surface area contributed by atoms with Crippen LogP contribution >= 0.6 is 46.0 Å². The normalized spacial score (nSPS) is 15.2. The lowest BCUT2D eigenvalue weighted by atomic mass is 9.95. The first kappa shape index (κ1) is 29.2. The van der Waals surface area contributed by atoms with E-state index in [0.29, 0.717) is 36.4 Å². The molecule has 8 nitrogen and oxygen atoms in total. The van der Waals surface area contributed by atoms with Gasteiger partial charge in [0.1, 0.15) is 0 Å². The van der Waals surface area contributed by atoms with Crippen LogP contribution in [0.5, 0.6) is 0 Å². The van der Waals surface area contributed by atoms with Gasteiger partial charge in [0.2, 0.25) is 10.9 Å². The van der Waals surface area contributed by atoms with Gasteiger partial charge in [-0.15, -0.1) is 21.5 Å². The van der Waals surface area contributed by atoms with E-state index in [0.717, 1.165) is 29.3 Å². The summed E-state index contributed by atoms with van der Waals surface area (Å²) in [5.41, 5.74) is 3.37. The van der Waals surface area contributed by atoms with E-state index in [9.17, 15) is 14.7 Å². The molecule has 12 heteroatoms. The number of carbonyl (C=O) groups excluding carboxylic acids is 2. The fourth-order valence-electron chi connectivity index (χ4n) is 4.75. The van der Waals surface area contributed by atoms with E-state index < -0.39 is 23.5 Å². The summed E-state index contributed by atoms with van der Waals surface area (Å²) in [4.78, 5) is 35.8. The molecule has 1 N–H and O–H groups in total. The second-order valence-electron chi connectivity index (χ2n) is 9.35. The maximum Gasteiger partial charge on any atom is 0.296 e. The Morgan fingerprint density at radius 1 is 1.05 bits per heavy atom. The molecule has 3 heterocycles. The highest BCUT2D eigenvalue weighted by Gasteiger charge is 2.46. The molecular formula is C29H28ClN5O3S3. The van der Waals surface area contributed by atoms with Gasteiger partial charge in [-0.25, -0.2) is 4.98 Å². The van der Waals surface area contributed by atoms with Crippen LogP contribution in [0.15, 0.2) is 64.2 Å². The van der Waals surface area contributed by atoms with Crippen LogP contribution in [0.1, 0.15) is 51.4 Å². The van der Waals surface area contributed by atoms with Crippen LogP contribution < -0.4 is 9.80 Å². The van der Waals surface area contributed by atoms with Crippen molar-refractivity contribution in [3.05, 3.63) is 91.6 Å². The summed E-state index contributed by atoms with van der Waals surface area (Å²) < 4.78 is 0.659. The van der Waals surface area contributed by atoms with Crippen LogP contribution in [-0.2, 0) is 10.5 Å². The van der Waals surface area contributed by atoms with E-state index in [4.69, 9.17) is 11.6 Å². The molecule has 1 amide bonds. The summed E-state index contributed by atoms with van der Waals surface area (Å²) >= 11 is 9.97. The lowest BCUT2D eigenvalue weighted by Crippen LogP contribution is -2.31. The number of amides is 1. The number of aryl methyl sites for hydroxylation is 2. The zero-order chi connectivity index (χ0) is 29.3. The Labute approximate surface area is 255 Å². The summed E-state index contributed by atoms with van der Waals surface area (Å²) in [7, 11) is 0. The average molecular weight is 626 g/mol. The Hall–Kier alpha value is -3.25. The molecule has 0 saturated carbocycles. The Morgan fingerprint density at radius 3 is 2.34 bits per heavy atom. The molecule has 41 heavy (non-hydrogen) atoms. The van der Waals surface area contributed by atoms with Gasteiger partial charge in [0.25, 0.3) is 5.91 Å². The number of hydrogen-bond acceptors (Lipinski definition) is 10. The molecule has 1 aliphatic rings. The highest BCUT2D eigenvalue weighted by Crippen LogP contribution is 2.44. The minimum Gasteiger partial charge on any atom is -0.503 e. The van der Waals surface area contributed by atoms with Crippen molar-refractivity contribution >= 4 is 68.5 Å². The van der Waals surface area contributed by atoms with E-state index in [1.165, 1.54) is 39.3 Å². The number of anilines is 2. The summed E-state index contributed by atoms with van der Waals surface area (Å²) in [5, 5.41) is 21.4. The number of halogens is 1. The Bertz CT molecular complexity index is 1610.